The molecule has 2 aromatic carbocycles. The zero-order valence-corrected chi connectivity index (χ0v) is 17.4. The Hall–Kier alpha value is -3.08. The van der Waals surface area contributed by atoms with E-state index in [4.69, 9.17) is 9.47 Å². The highest BCUT2D eigenvalue weighted by Gasteiger charge is 2.14. The third-order valence-electron chi connectivity index (χ3n) is 4.18. The Bertz CT molecular complexity index is 799. The number of carbonyl (C=O) groups is 1. The van der Waals surface area contributed by atoms with E-state index in [0.29, 0.717) is 18.1 Å². The van der Waals surface area contributed by atoms with Crippen LogP contribution in [0.4, 0.5) is 0 Å². The molecule has 0 heterocycles. The Morgan fingerprint density at radius 2 is 1.76 bits per heavy atom. The van der Waals surface area contributed by atoms with Crippen molar-refractivity contribution in [2.24, 2.45) is 5.10 Å². The van der Waals surface area contributed by atoms with Crippen LogP contribution in [0.25, 0.3) is 6.08 Å². The van der Waals surface area contributed by atoms with E-state index in [1.165, 1.54) is 6.42 Å². The summed E-state index contributed by atoms with van der Waals surface area (Å²) in [6, 6.07) is 17.2. The number of hydrogen-bond acceptors (Lipinski definition) is 4. The molecular weight excluding hydrogens is 364 g/mol. The molecule has 1 N–H and O–H groups in total. The maximum atomic E-state index is 12.2. The lowest BCUT2D eigenvalue weighted by Gasteiger charge is -2.13. The Labute approximate surface area is 173 Å². The zero-order chi connectivity index (χ0) is 20.9. The Morgan fingerprint density at radius 3 is 2.45 bits per heavy atom. The molecule has 2 aromatic rings. The number of hydrogen-bond donors (Lipinski definition) is 1. The average molecular weight is 395 g/mol. The highest BCUT2D eigenvalue weighted by molar-refractivity contribution is 5.97. The van der Waals surface area contributed by atoms with Crippen LogP contribution in [0.2, 0.25) is 0 Å². The van der Waals surface area contributed by atoms with Crippen molar-refractivity contribution in [1.82, 2.24) is 5.43 Å². The van der Waals surface area contributed by atoms with Gasteiger partial charge < -0.3 is 9.47 Å². The summed E-state index contributed by atoms with van der Waals surface area (Å²) in [5, 5.41) is 4.10. The fourth-order valence-corrected chi connectivity index (χ4v) is 2.47. The third-order valence-corrected chi connectivity index (χ3v) is 4.18. The predicted molar refractivity (Wildman–Crippen MR) is 118 cm³/mol. The van der Waals surface area contributed by atoms with Crippen molar-refractivity contribution in [2.75, 3.05) is 6.61 Å². The second-order valence-corrected chi connectivity index (χ2v) is 6.76. The molecule has 0 spiro atoms. The summed E-state index contributed by atoms with van der Waals surface area (Å²) >= 11 is 0. The summed E-state index contributed by atoms with van der Waals surface area (Å²) in [7, 11) is 0. The molecule has 0 unspecified atom stereocenters. The molecule has 0 saturated carbocycles. The summed E-state index contributed by atoms with van der Waals surface area (Å²) in [6.45, 7) is 6.39. The van der Waals surface area contributed by atoms with Gasteiger partial charge in [0.1, 0.15) is 11.5 Å². The van der Waals surface area contributed by atoms with Crippen molar-refractivity contribution in [3.05, 3.63) is 66.2 Å². The molecule has 0 aliphatic heterocycles. The number of ether oxygens (including phenoxy) is 2. The average Bonchev–Trinajstić information content (AvgIpc) is 2.75. The Kier molecular flexibility index (Phi) is 9.49. The number of benzene rings is 2. The van der Waals surface area contributed by atoms with Crippen LogP contribution >= 0.6 is 0 Å². The standard InChI is InChI=1S/C24H30N2O3/c1-4-5-9-18-28-22-14-16-23(17-15-22)29-20(3)24(27)26-25-19(2)12-13-21-10-7-6-8-11-21/h6-8,10-17,20H,4-5,9,18H2,1-3H3,(H,26,27)/b13-12+,25-19-/t20-/m0/s1. The molecule has 2 rings (SSSR count). The normalized spacial score (nSPS) is 12.6. The minimum Gasteiger partial charge on any atom is -0.494 e. The van der Waals surface area contributed by atoms with Gasteiger partial charge in [-0.3, -0.25) is 4.79 Å². The van der Waals surface area contributed by atoms with Crippen LogP contribution in [0.5, 0.6) is 11.5 Å². The first-order chi connectivity index (χ1) is 14.1. The maximum absolute atomic E-state index is 12.2. The first kappa shape index (κ1) is 22.2. The molecule has 0 bridgehead atoms. The first-order valence-electron chi connectivity index (χ1n) is 10.0. The lowest BCUT2D eigenvalue weighted by molar-refractivity contribution is -0.127. The Balaban J connectivity index is 1.78. The summed E-state index contributed by atoms with van der Waals surface area (Å²) in [5.41, 5.74) is 4.30. The molecule has 0 aromatic heterocycles. The van der Waals surface area contributed by atoms with Gasteiger partial charge in [0.15, 0.2) is 6.10 Å². The molecule has 154 valence electrons. The van der Waals surface area contributed by atoms with Crippen LogP contribution < -0.4 is 14.9 Å². The van der Waals surface area contributed by atoms with Crippen LogP contribution in [0.15, 0.2) is 65.8 Å². The summed E-state index contributed by atoms with van der Waals surface area (Å²) in [6.07, 6.45) is 6.51. The number of amides is 1. The monoisotopic (exact) mass is 394 g/mol. The second kappa shape index (κ2) is 12.4. The lowest BCUT2D eigenvalue weighted by Crippen LogP contribution is -2.33. The maximum Gasteiger partial charge on any atom is 0.280 e. The van der Waals surface area contributed by atoms with E-state index in [0.717, 1.165) is 24.2 Å². The topological polar surface area (TPSA) is 59.9 Å². The van der Waals surface area contributed by atoms with Gasteiger partial charge in [0, 0.05) is 0 Å². The van der Waals surface area contributed by atoms with Crippen molar-refractivity contribution < 1.29 is 14.3 Å². The number of carbonyl (C=O) groups excluding carboxylic acids is 1. The van der Waals surface area contributed by atoms with E-state index in [1.54, 1.807) is 19.1 Å². The third kappa shape index (κ3) is 8.64. The number of allylic oxidation sites excluding steroid dienone is 1. The van der Waals surface area contributed by atoms with Crippen molar-refractivity contribution >= 4 is 17.7 Å². The van der Waals surface area contributed by atoms with Gasteiger partial charge in [0.25, 0.3) is 5.91 Å². The molecular formula is C24H30N2O3. The highest BCUT2D eigenvalue weighted by Crippen LogP contribution is 2.19. The van der Waals surface area contributed by atoms with Gasteiger partial charge in [-0.1, -0.05) is 56.2 Å². The van der Waals surface area contributed by atoms with Gasteiger partial charge >= 0.3 is 0 Å². The molecule has 0 saturated heterocycles. The lowest BCUT2D eigenvalue weighted by atomic mass is 10.2. The molecule has 0 fully saturated rings. The smallest absolute Gasteiger partial charge is 0.280 e. The quantitative estimate of drug-likeness (QED) is 0.323. The van der Waals surface area contributed by atoms with E-state index in [-0.39, 0.29) is 5.91 Å². The van der Waals surface area contributed by atoms with E-state index in [9.17, 15) is 4.79 Å². The molecule has 5 heteroatoms. The predicted octanol–water partition coefficient (Wildman–Crippen LogP) is 5.23. The largest absolute Gasteiger partial charge is 0.494 e. The number of rotatable bonds is 11. The van der Waals surface area contributed by atoms with E-state index >= 15 is 0 Å². The SMILES string of the molecule is CCCCCOc1ccc(O[C@@H](C)C(=O)N/N=C(C)\C=C\c2ccccc2)cc1. The van der Waals surface area contributed by atoms with Crippen molar-refractivity contribution in [3.8, 4) is 11.5 Å². The van der Waals surface area contributed by atoms with Crippen LogP contribution in [0.1, 0.15) is 45.6 Å². The van der Waals surface area contributed by atoms with Gasteiger partial charge in [-0.25, -0.2) is 5.43 Å². The molecule has 0 aliphatic carbocycles. The molecule has 1 atom stereocenters. The second-order valence-electron chi connectivity index (χ2n) is 6.76. The van der Waals surface area contributed by atoms with Gasteiger partial charge in [-0.2, -0.15) is 5.10 Å². The number of unbranched alkanes of at least 4 members (excludes halogenated alkanes) is 2. The van der Waals surface area contributed by atoms with E-state index < -0.39 is 6.10 Å². The summed E-state index contributed by atoms with van der Waals surface area (Å²) in [4.78, 5) is 12.2. The van der Waals surface area contributed by atoms with Crippen molar-refractivity contribution in [3.63, 3.8) is 0 Å². The summed E-state index contributed by atoms with van der Waals surface area (Å²) in [5.74, 6) is 1.10. The van der Waals surface area contributed by atoms with Crippen molar-refractivity contribution in [2.45, 2.75) is 46.1 Å². The molecule has 5 nitrogen and oxygen atoms in total. The van der Waals surface area contributed by atoms with Crippen LogP contribution in [0.3, 0.4) is 0 Å². The van der Waals surface area contributed by atoms with Gasteiger partial charge in [0.2, 0.25) is 0 Å². The fraction of sp³-hybridized carbons (Fsp3) is 0.333. The molecule has 1 amide bonds. The van der Waals surface area contributed by atoms with Gasteiger partial charge in [-0.15, -0.1) is 0 Å². The molecule has 0 aliphatic rings. The molecule has 29 heavy (non-hydrogen) atoms. The zero-order valence-electron chi connectivity index (χ0n) is 17.4. The minimum absolute atomic E-state index is 0.308. The highest BCUT2D eigenvalue weighted by atomic mass is 16.5. The first-order valence-corrected chi connectivity index (χ1v) is 10.0. The van der Waals surface area contributed by atoms with Crippen LogP contribution in [0, 0.1) is 0 Å². The van der Waals surface area contributed by atoms with Crippen molar-refractivity contribution in [1.29, 1.82) is 0 Å². The molecule has 0 radical (unpaired) electrons. The summed E-state index contributed by atoms with van der Waals surface area (Å²) < 4.78 is 11.4. The van der Waals surface area contributed by atoms with Crippen LogP contribution in [-0.4, -0.2) is 24.3 Å². The Morgan fingerprint density at radius 1 is 1.07 bits per heavy atom. The minimum atomic E-state index is -0.666. The number of hydrazone groups is 1. The van der Waals surface area contributed by atoms with E-state index in [1.807, 2.05) is 61.5 Å². The van der Waals surface area contributed by atoms with Crippen LogP contribution in [-0.2, 0) is 4.79 Å². The number of nitrogens with zero attached hydrogens (tertiary/aromatic N) is 1. The van der Waals surface area contributed by atoms with Gasteiger partial charge in [-0.05, 0) is 56.2 Å². The fourth-order valence-electron chi connectivity index (χ4n) is 2.47. The number of nitrogens with one attached hydrogen (secondary N) is 1. The van der Waals surface area contributed by atoms with Gasteiger partial charge in [0.05, 0.1) is 12.3 Å². The van der Waals surface area contributed by atoms with E-state index in [2.05, 4.69) is 17.5 Å².